The second-order valence-electron chi connectivity index (χ2n) is 4.99. The molecule has 3 rings (SSSR count). The van der Waals surface area contributed by atoms with Crippen LogP contribution in [0.4, 0.5) is 5.82 Å². The number of rotatable bonds is 4. The Morgan fingerprint density at radius 1 is 1.25 bits per heavy atom. The average molecular weight is 400 g/mol. The molecule has 24 heavy (non-hydrogen) atoms. The zero-order chi connectivity index (χ0) is 17.1. The minimum absolute atomic E-state index is 0.239. The fourth-order valence-electron chi connectivity index (χ4n) is 2.37. The molecule has 0 saturated heterocycles. The van der Waals surface area contributed by atoms with E-state index in [9.17, 15) is 5.26 Å². The topological polar surface area (TPSA) is 71.9 Å². The van der Waals surface area contributed by atoms with Crippen LogP contribution in [0.5, 0.6) is 5.75 Å². The summed E-state index contributed by atoms with van der Waals surface area (Å²) in [5.74, 6) is 1.05. The zero-order valence-corrected chi connectivity index (χ0v) is 15.3. The van der Waals surface area contributed by atoms with E-state index in [4.69, 9.17) is 10.5 Å². The van der Waals surface area contributed by atoms with Crippen molar-refractivity contribution in [3.63, 3.8) is 0 Å². The summed E-state index contributed by atoms with van der Waals surface area (Å²) >= 11 is 5.01. The van der Waals surface area contributed by atoms with Crippen molar-refractivity contribution in [3.8, 4) is 33.5 Å². The standard InChI is InChI=1S/C18H14BrN3OS/c1-2-23-12-5-3-11(4-6-12)15-9-13(14(10-20)18(21)22-15)16-7-8-17(19)24-16/h3-9H,2H2,1H3,(H2,21,22). The van der Waals surface area contributed by atoms with E-state index in [1.165, 1.54) is 0 Å². The number of hydrogen-bond donors (Lipinski definition) is 1. The summed E-state index contributed by atoms with van der Waals surface area (Å²) in [6, 6.07) is 15.7. The van der Waals surface area contributed by atoms with Gasteiger partial charge in [0.1, 0.15) is 23.2 Å². The number of nitrogens with zero attached hydrogens (tertiary/aromatic N) is 2. The van der Waals surface area contributed by atoms with Gasteiger partial charge in [0, 0.05) is 16.0 Å². The van der Waals surface area contributed by atoms with E-state index in [2.05, 4.69) is 27.0 Å². The first-order valence-corrected chi connectivity index (χ1v) is 8.93. The molecule has 0 aliphatic rings. The molecule has 0 aliphatic heterocycles. The number of aromatic nitrogens is 1. The highest BCUT2D eigenvalue weighted by Crippen LogP contribution is 2.37. The Morgan fingerprint density at radius 3 is 2.58 bits per heavy atom. The van der Waals surface area contributed by atoms with Crippen LogP contribution < -0.4 is 10.5 Å². The van der Waals surface area contributed by atoms with Crippen LogP contribution in [0.25, 0.3) is 21.7 Å². The lowest BCUT2D eigenvalue weighted by molar-refractivity contribution is 0.340. The van der Waals surface area contributed by atoms with Crippen molar-refractivity contribution in [1.29, 1.82) is 5.26 Å². The van der Waals surface area contributed by atoms with Crippen molar-refractivity contribution in [2.45, 2.75) is 6.92 Å². The summed E-state index contributed by atoms with van der Waals surface area (Å²) in [5.41, 5.74) is 8.88. The summed E-state index contributed by atoms with van der Waals surface area (Å²) < 4.78 is 6.46. The molecule has 0 amide bonds. The van der Waals surface area contributed by atoms with E-state index in [-0.39, 0.29) is 5.82 Å². The van der Waals surface area contributed by atoms with Crippen LogP contribution in [-0.4, -0.2) is 11.6 Å². The van der Waals surface area contributed by atoms with Crippen LogP contribution in [0.2, 0.25) is 0 Å². The highest BCUT2D eigenvalue weighted by atomic mass is 79.9. The average Bonchev–Trinajstić information content (AvgIpc) is 3.01. The van der Waals surface area contributed by atoms with Crippen LogP contribution in [0.15, 0.2) is 46.3 Å². The Labute approximate surface area is 152 Å². The maximum Gasteiger partial charge on any atom is 0.142 e. The molecule has 2 N–H and O–H groups in total. The largest absolute Gasteiger partial charge is 0.494 e. The minimum Gasteiger partial charge on any atom is -0.494 e. The lowest BCUT2D eigenvalue weighted by Crippen LogP contribution is -1.99. The molecule has 0 unspecified atom stereocenters. The van der Waals surface area contributed by atoms with Gasteiger partial charge in [-0.15, -0.1) is 11.3 Å². The first-order chi connectivity index (χ1) is 11.6. The molecule has 120 valence electrons. The van der Waals surface area contributed by atoms with Gasteiger partial charge in [0.2, 0.25) is 0 Å². The second kappa shape index (κ2) is 7.04. The number of pyridine rings is 1. The number of halogens is 1. The van der Waals surface area contributed by atoms with E-state index in [1.807, 2.05) is 49.4 Å². The van der Waals surface area contributed by atoms with Gasteiger partial charge in [-0.2, -0.15) is 5.26 Å². The first kappa shape index (κ1) is 16.5. The monoisotopic (exact) mass is 399 g/mol. The van der Waals surface area contributed by atoms with E-state index >= 15 is 0 Å². The molecular formula is C18H14BrN3OS. The van der Waals surface area contributed by atoms with Crippen molar-refractivity contribution >= 4 is 33.1 Å². The first-order valence-electron chi connectivity index (χ1n) is 7.32. The molecule has 2 heterocycles. The highest BCUT2D eigenvalue weighted by molar-refractivity contribution is 9.11. The lowest BCUT2D eigenvalue weighted by atomic mass is 10.0. The summed E-state index contributed by atoms with van der Waals surface area (Å²) in [5, 5.41) is 9.43. The van der Waals surface area contributed by atoms with E-state index in [0.717, 1.165) is 31.2 Å². The van der Waals surface area contributed by atoms with Gasteiger partial charge in [0.15, 0.2) is 0 Å². The Morgan fingerprint density at radius 2 is 2.00 bits per heavy atom. The fourth-order valence-corrected chi connectivity index (χ4v) is 3.78. The number of thiophene rings is 1. The molecule has 0 radical (unpaired) electrons. The molecular weight excluding hydrogens is 386 g/mol. The third-order valence-electron chi connectivity index (χ3n) is 3.46. The van der Waals surface area contributed by atoms with Crippen LogP contribution in [0.1, 0.15) is 12.5 Å². The SMILES string of the molecule is CCOc1ccc(-c2cc(-c3ccc(Br)s3)c(C#N)c(N)n2)cc1. The third kappa shape index (κ3) is 3.28. The number of ether oxygens (including phenoxy) is 1. The van der Waals surface area contributed by atoms with E-state index in [1.54, 1.807) is 11.3 Å². The highest BCUT2D eigenvalue weighted by Gasteiger charge is 2.15. The van der Waals surface area contributed by atoms with Gasteiger partial charge in [-0.3, -0.25) is 0 Å². The molecule has 0 spiro atoms. The van der Waals surface area contributed by atoms with Gasteiger partial charge in [0.05, 0.1) is 16.1 Å². The minimum atomic E-state index is 0.239. The summed E-state index contributed by atoms with van der Waals surface area (Å²) in [7, 11) is 0. The smallest absolute Gasteiger partial charge is 0.142 e. The van der Waals surface area contributed by atoms with Crippen LogP contribution >= 0.6 is 27.3 Å². The van der Waals surface area contributed by atoms with Gasteiger partial charge in [-0.1, -0.05) is 0 Å². The molecule has 0 bridgehead atoms. The van der Waals surface area contributed by atoms with Crippen molar-refractivity contribution in [3.05, 3.63) is 51.8 Å². The lowest BCUT2D eigenvalue weighted by Gasteiger charge is -2.09. The van der Waals surface area contributed by atoms with Crippen molar-refractivity contribution < 1.29 is 4.74 Å². The number of anilines is 1. The van der Waals surface area contributed by atoms with Gasteiger partial charge in [0.25, 0.3) is 0 Å². The number of hydrogen-bond acceptors (Lipinski definition) is 5. The van der Waals surface area contributed by atoms with Gasteiger partial charge < -0.3 is 10.5 Å². The number of nitrogens with two attached hydrogens (primary N) is 1. The second-order valence-corrected chi connectivity index (χ2v) is 7.45. The Bertz CT molecular complexity index is 913. The van der Waals surface area contributed by atoms with Crippen molar-refractivity contribution in [1.82, 2.24) is 4.98 Å². The maximum absolute atomic E-state index is 9.43. The maximum atomic E-state index is 9.43. The molecule has 1 aromatic carbocycles. The summed E-state index contributed by atoms with van der Waals surface area (Å²) in [6.07, 6.45) is 0. The number of benzene rings is 1. The zero-order valence-electron chi connectivity index (χ0n) is 12.9. The fraction of sp³-hybridized carbons (Fsp3) is 0.111. The molecule has 0 saturated carbocycles. The van der Waals surface area contributed by atoms with Gasteiger partial charge >= 0.3 is 0 Å². The predicted molar refractivity (Wildman–Crippen MR) is 101 cm³/mol. The van der Waals surface area contributed by atoms with Crippen LogP contribution in [-0.2, 0) is 0 Å². The molecule has 0 aliphatic carbocycles. The molecule has 0 atom stereocenters. The Hall–Kier alpha value is -2.36. The van der Waals surface area contributed by atoms with Gasteiger partial charge in [-0.05, 0) is 65.3 Å². The Balaban J connectivity index is 2.09. The van der Waals surface area contributed by atoms with Crippen molar-refractivity contribution in [2.75, 3.05) is 12.3 Å². The predicted octanol–water partition coefficient (Wildman–Crippen LogP) is 5.09. The third-order valence-corrected chi connectivity index (χ3v) is 5.12. The van der Waals surface area contributed by atoms with E-state index in [0.29, 0.717) is 12.2 Å². The normalized spacial score (nSPS) is 10.4. The molecule has 2 aromatic heterocycles. The summed E-state index contributed by atoms with van der Waals surface area (Å²) in [4.78, 5) is 5.36. The molecule has 0 fully saturated rings. The van der Waals surface area contributed by atoms with Gasteiger partial charge in [-0.25, -0.2) is 4.98 Å². The van der Waals surface area contributed by atoms with Crippen LogP contribution in [0, 0.1) is 11.3 Å². The van der Waals surface area contributed by atoms with Crippen molar-refractivity contribution in [2.24, 2.45) is 0 Å². The molecule has 4 nitrogen and oxygen atoms in total. The quantitative estimate of drug-likeness (QED) is 0.662. The number of nitriles is 1. The molecule has 6 heteroatoms. The van der Waals surface area contributed by atoms with Crippen LogP contribution in [0.3, 0.4) is 0 Å². The summed E-state index contributed by atoms with van der Waals surface area (Å²) in [6.45, 7) is 2.57. The Kier molecular flexibility index (Phi) is 4.84. The van der Waals surface area contributed by atoms with E-state index < -0.39 is 0 Å². The number of nitrogen functional groups attached to an aromatic ring is 1. The molecule has 3 aromatic rings.